The Morgan fingerprint density at radius 3 is 2.61 bits per heavy atom. The van der Waals surface area contributed by atoms with Gasteiger partial charge >= 0.3 is 0 Å². The van der Waals surface area contributed by atoms with Crippen LogP contribution < -0.4 is 25.8 Å². The summed E-state index contributed by atoms with van der Waals surface area (Å²) in [4.78, 5) is 11.9. The molecule has 0 aliphatic rings. The van der Waals surface area contributed by atoms with Crippen LogP contribution >= 0.6 is 24.0 Å². The number of amides is 1. The molecule has 0 atom stereocenters. The van der Waals surface area contributed by atoms with Crippen LogP contribution in [0.3, 0.4) is 0 Å². The Morgan fingerprint density at radius 1 is 1.16 bits per heavy atom. The van der Waals surface area contributed by atoms with Crippen LogP contribution in [0.25, 0.3) is 0 Å². The van der Waals surface area contributed by atoms with Crippen molar-refractivity contribution < 1.29 is 18.9 Å². The maximum Gasteiger partial charge on any atom is 0.277 e. The first-order valence-corrected chi connectivity index (χ1v) is 9.56. The van der Waals surface area contributed by atoms with E-state index in [1.165, 1.54) is 0 Å². The summed E-state index contributed by atoms with van der Waals surface area (Å²) in [6.45, 7) is 1.80. The third kappa shape index (κ3) is 6.74. The van der Waals surface area contributed by atoms with Crippen molar-refractivity contribution in [3.8, 4) is 11.5 Å². The SMILES string of the molecule is COc1cc(CNCCNC(=O)c2nonc2N)cc(Cl)c1OCc1ccccc1.Cl. The number of nitrogens with one attached hydrogen (secondary N) is 2. The van der Waals surface area contributed by atoms with Crippen LogP contribution in [0, 0.1) is 0 Å². The quantitative estimate of drug-likeness (QED) is 0.388. The summed E-state index contributed by atoms with van der Waals surface area (Å²) in [5, 5.41) is 13.2. The lowest BCUT2D eigenvalue weighted by Crippen LogP contribution is -2.32. The van der Waals surface area contributed by atoms with Crippen LogP contribution in [0.15, 0.2) is 47.1 Å². The van der Waals surface area contributed by atoms with Gasteiger partial charge in [-0.15, -0.1) is 12.4 Å². The molecule has 31 heavy (non-hydrogen) atoms. The molecule has 4 N–H and O–H groups in total. The first-order valence-electron chi connectivity index (χ1n) is 9.18. The van der Waals surface area contributed by atoms with E-state index in [4.69, 9.17) is 26.8 Å². The summed E-state index contributed by atoms with van der Waals surface area (Å²) in [5.41, 5.74) is 7.40. The number of nitrogens with zero attached hydrogens (tertiary/aromatic N) is 2. The lowest BCUT2D eigenvalue weighted by atomic mass is 10.2. The number of aromatic nitrogens is 2. The number of halogens is 2. The monoisotopic (exact) mass is 467 g/mol. The van der Waals surface area contributed by atoms with E-state index < -0.39 is 5.91 Å². The third-order valence-electron chi connectivity index (χ3n) is 4.16. The third-order valence-corrected chi connectivity index (χ3v) is 4.44. The molecule has 1 heterocycles. The van der Waals surface area contributed by atoms with E-state index in [2.05, 4.69) is 25.6 Å². The number of anilines is 1. The van der Waals surface area contributed by atoms with Gasteiger partial charge in [0.25, 0.3) is 5.91 Å². The predicted octanol–water partition coefficient (Wildman–Crippen LogP) is 2.83. The highest BCUT2D eigenvalue weighted by Crippen LogP contribution is 2.37. The molecule has 0 fully saturated rings. The first kappa shape index (κ1) is 24.3. The molecule has 1 amide bonds. The summed E-state index contributed by atoms with van der Waals surface area (Å²) in [7, 11) is 1.57. The van der Waals surface area contributed by atoms with E-state index >= 15 is 0 Å². The Hall–Kier alpha value is -3.01. The standard InChI is InChI=1S/C20H22ClN5O4.ClH/c1-28-16-10-14(9-15(21)18(16)29-12-13-5-3-2-4-6-13)11-23-7-8-24-20(27)17-19(22)26-30-25-17;/h2-6,9-10,23H,7-8,11-12H2,1H3,(H2,22,26)(H,24,27);1H. The largest absolute Gasteiger partial charge is 0.493 e. The highest BCUT2D eigenvalue weighted by molar-refractivity contribution is 6.32. The Bertz CT molecular complexity index is 985. The summed E-state index contributed by atoms with van der Waals surface area (Å²) in [6.07, 6.45) is 0. The maximum atomic E-state index is 11.9. The second kappa shape index (κ2) is 12.0. The van der Waals surface area contributed by atoms with E-state index in [9.17, 15) is 4.79 Å². The zero-order valence-corrected chi connectivity index (χ0v) is 18.3. The number of benzene rings is 2. The van der Waals surface area contributed by atoms with Crippen molar-refractivity contribution in [2.75, 3.05) is 25.9 Å². The van der Waals surface area contributed by atoms with Gasteiger partial charge in [-0.05, 0) is 33.6 Å². The average Bonchev–Trinajstić information content (AvgIpc) is 3.19. The van der Waals surface area contributed by atoms with Gasteiger partial charge in [0, 0.05) is 19.6 Å². The second-order valence-corrected chi connectivity index (χ2v) is 6.72. The highest BCUT2D eigenvalue weighted by atomic mass is 35.5. The van der Waals surface area contributed by atoms with Gasteiger partial charge in [-0.2, -0.15) is 0 Å². The molecule has 0 radical (unpaired) electrons. The van der Waals surface area contributed by atoms with Gasteiger partial charge in [0.1, 0.15) is 6.61 Å². The molecule has 9 nitrogen and oxygen atoms in total. The van der Waals surface area contributed by atoms with Gasteiger partial charge in [0.15, 0.2) is 11.5 Å². The van der Waals surface area contributed by atoms with E-state index in [1.807, 2.05) is 42.5 Å². The lowest BCUT2D eigenvalue weighted by molar-refractivity contribution is 0.0944. The predicted molar refractivity (Wildman–Crippen MR) is 119 cm³/mol. The molecule has 166 valence electrons. The number of rotatable bonds is 10. The fourth-order valence-electron chi connectivity index (χ4n) is 2.68. The van der Waals surface area contributed by atoms with Crippen molar-refractivity contribution in [1.82, 2.24) is 20.9 Å². The minimum absolute atomic E-state index is 0. The number of nitrogen functional groups attached to an aromatic ring is 1. The summed E-state index contributed by atoms with van der Waals surface area (Å²) in [5.74, 6) is 0.562. The second-order valence-electron chi connectivity index (χ2n) is 6.31. The van der Waals surface area contributed by atoms with Gasteiger partial charge < -0.3 is 25.8 Å². The van der Waals surface area contributed by atoms with Crippen LogP contribution in [-0.4, -0.2) is 36.4 Å². The van der Waals surface area contributed by atoms with Crippen LogP contribution in [0.1, 0.15) is 21.6 Å². The lowest BCUT2D eigenvalue weighted by Gasteiger charge is -2.15. The Kier molecular flexibility index (Phi) is 9.39. The molecule has 3 aromatic rings. The average molecular weight is 468 g/mol. The fraction of sp³-hybridized carbons (Fsp3) is 0.250. The molecular formula is C20H23Cl2N5O4. The fourth-order valence-corrected chi connectivity index (χ4v) is 2.97. The number of hydrogen-bond acceptors (Lipinski definition) is 8. The topological polar surface area (TPSA) is 125 Å². The number of methoxy groups -OCH3 is 1. The van der Waals surface area contributed by atoms with E-state index in [0.717, 1.165) is 11.1 Å². The van der Waals surface area contributed by atoms with Crippen molar-refractivity contribution in [2.24, 2.45) is 0 Å². The minimum atomic E-state index is -0.444. The Morgan fingerprint density at radius 2 is 1.94 bits per heavy atom. The minimum Gasteiger partial charge on any atom is -0.493 e. The molecule has 1 aromatic heterocycles. The van der Waals surface area contributed by atoms with Gasteiger partial charge in [-0.25, -0.2) is 4.63 Å². The number of ether oxygens (including phenoxy) is 2. The number of carbonyl (C=O) groups is 1. The molecule has 0 saturated carbocycles. The maximum absolute atomic E-state index is 11.9. The summed E-state index contributed by atoms with van der Waals surface area (Å²) in [6, 6.07) is 13.5. The van der Waals surface area contributed by atoms with Gasteiger partial charge in [0.05, 0.1) is 12.1 Å². The highest BCUT2D eigenvalue weighted by Gasteiger charge is 2.15. The van der Waals surface area contributed by atoms with Gasteiger partial charge in [-0.3, -0.25) is 4.79 Å². The molecule has 2 aromatic carbocycles. The number of hydrogen-bond donors (Lipinski definition) is 3. The van der Waals surface area contributed by atoms with Crippen LogP contribution in [0.2, 0.25) is 5.02 Å². The van der Waals surface area contributed by atoms with Crippen molar-refractivity contribution in [2.45, 2.75) is 13.2 Å². The molecule has 0 aliphatic carbocycles. The smallest absolute Gasteiger partial charge is 0.277 e. The molecule has 0 aliphatic heterocycles. The zero-order chi connectivity index (χ0) is 21.3. The molecule has 11 heteroatoms. The van der Waals surface area contributed by atoms with E-state index in [-0.39, 0.29) is 23.9 Å². The molecule has 3 rings (SSSR count). The van der Waals surface area contributed by atoms with Gasteiger partial charge in [0.2, 0.25) is 11.5 Å². The number of nitrogens with two attached hydrogens (primary N) is 1. The molecular weight excluding hydrogens is 445 g/mol. The summed E-state index contributed by atoms with van der Waals surface area (Å²) >= 11 is 6.41. The number of carbonyl (C=O) groups excluding carboxylic acids is 1. The molecule has 0 unspecified atom stereocenters. The van der Waals surface area contributed by atoms with E-state index in [1.54, 1.807) is 7.11 Å². The van der Waals surface area contributed by atoms with Crippen molar-refractivity contribution in [3.63, 3.8) is 0 Å². The zero-order valence-electron chi connectivity index (χ0n) is 16.8. The van der Waals surface area contributed by atoms with Crippen LogP contribution in [0.4, 0.5) is 5.82 Å². The van der Waals surface area contributed by atoms with E-state index in [0.29, 0.717) is 42.8 Å². The van der Waals surface area contributed by atoms with Crippen LogP contribution in [-0.2, 0) is 13.2 Å². The molecule has 0 bridgehead atoms. The van der Waals surface area contributed by atoms with Crippen molar-refractivity contribution in [1.29, 1.82) is 0 Å². The van der Waals surface area contributed by atoms with Crippen molar-refractivity contribution in [3.05, 3.63) is 64.3 Å². The van der Waals surface area contributed by atoms with Gasteiger partial charge in [-0.1, -0.05) is 41.9 Å². The first-order chi connectivity index (χ1) is 14.6. The Balaban J connectivity index is 0.00000341. The Labute approximate surface area is 190 Å². The normalized spacial score (nSPS) is 10.3. The molecule has 0 saturated heterocycles. The molecule has 0 spiro atoms. The summed E-state index contributed by atoms with van der Waals surface area (Å²) < 4.78 is 15.7. The van der Waals surface area contributed by atoms with Crippen LogP contribution in [0.5, 0.6) is 11.5 Å². The van der Waals surface area contributed by atoms with Crippen molar-refractivity contribution >= 4 is 35.7 Å².